The first-order valence-electron chi connectivity index (χ1n) is 8.68. The molecule has 3 rings (SSSR count). The molecule has 1 atom stereocenters. The van der Waals surface area contributed by atoms with E-state index in [1.54, 1.807) is 12.1 Å². The van der Waals surface area contributed by atoms with Crippen LogP contribution >= 0.6 is 0 Å². The van der Waals surface area contributed by atoms with Gasteiger partial charge in [-0.05, 0) is 42.0 Å². The number of hydrogen-bond acceptors (Lipinski definition) is 3. The lowest BCUT2D eigenvalue weighted by atomic mass is 9.85. The van der Waals surface area contributed by atoms with Gasteiger partial charge in [-0.2, -0.15) is 4.89 Å². The lowest BCUT2D eigenvalue weighted by molar-refractivity contribution is -0.247. The van der Waals surface area contributed by atoms with E-state index in [-0.39, 0.29) is 0 Å². The van der Waals surface area contributed by atoms with Crippen LogP contribution in [0.2, 0.25) is 0 Å². The fourth-order valence-corrected chi connectivity index (χ4v) is 3.17. The summed E-state index contributed by atoms with van der Waals surface area (Å²) in [6.07, 6.45) is 6.28. The summed E-state index contributed by atoms with van der Waals surface area (Å²) in [6.45, 7) is 2.14. The molecule has 0 heterocycles. The Kier molecular flexibility index (Phi) is 5.65. The molecule has 2 aromatic carbocycles. The summed E-state index contributed by atoms with van der Waals surface area (Å²) >= 11 is 0. The van der Waals surface area contributed by atoms with Gasteiger partial charge in [0.25, 0.3) is 0 Å². The van der Waals surface area contributed by atoms with Gasteiger partial charge in [0.15, 0.2) is 6.10 Å². The Labute approximate surface area is 143 Å². The minimum absolute atomic E-state index is 0.409. The van der Waals surface area contributed by atoms with Gasteiger partial charge in [-0.3, -0.25) is 4.89 Å². The Bertz CT molecular complexity index is 649. The Morgan fingerprint density at radius 2 is 1.71 bits per heavy atom. The van der Waals surface area contributed by atoms with Crippen LogP contribution in [0, 0.1) is 12.0 Å². The minimum Gasteiger partial charge on any atom is -0.292 e. The maximum Gasteiger partial charge on any atom is 0.373 e. The van der Waals surface area contributed by atoms with E-state index >= 15 is 0 Å². The van der Waals surface area contributed by atoms with Crippen molar-refractivity contribution in [3.05, 3.63) is 66.3 Å². The third-order valence-corrected chi connectivity index (χ3v) is 4.63. The molecule has 1 radical (unpaired) electrons. The van der Waals surface area contributed by atoms with Gasteiger partial charge in [-0.1, -0.05) is 68.7 Å². The van der Waals surface area contributed by atoms with Gasteiger partial charge in [0.1, 0.15) is 0 Å². The molecule has 2 aromatic rings. The second kappa shape index (κ2) is 8.11. The van der Waals surface area contributed by atoms with Crippen LogP contribution < -0.4 is 0 Å². The first kappa shape index (κ1) is 16.7. The molecule has 0 amide bonds. The molecule has 1 unspecified atom stereocenters. The molecule has 0 spiro atoms. The zero-order valence-electron chi connectivity index (χ0n) is 14.0. The van der Waals surface area contributed by atoms with Crippen molar-refractivity contribution in [2.45, 2.75) is 39.0 Å². The summed E-state index contributed by atoms with van der Waals surface area (Å²) < 4.78 is 0. The van der Waals surface area contributed by atoms with Crippen molar-refractivity contribution in [3.8, 4) is 11.1 Å². The van der Waals surface area contributed by atoms with Crippen molar-refractivity contribution >= 4 is 5.97 Å². The molecule has 1 aliphatic rings. The fourth-order valence-electron chi connectivity index (χ4n) is 3.17. The molecule has 0 bridgehead atoms. The van der Waals surface area contributed by atoms with Crippen molar-refractivity contribution in [1.29, 1.82) is 0 Å². The van der Waals surface area contributed by atoms with E-state index in [9.17, 15) is 4.79 Å². The number of carbonyl (C=O) groups excluding carboxylic acids is 1. The lowest BCUT2D eigenvalue weighted by Gasteiger charge is -2.27. The highest BCUT2D eigenvalue weighted by Gasteiger charge is 2.28. The van der Waals surface area contributed by atoms with Crippen molar-refractivity contribution in [3.63, 3.8) is 0 Å². The molecule has 0 aromatic heterocycles. The highest BCUT2D eigenvalue weighted by atomic mass is 17.2. The van der Waals surface area contributed by atoms with Crippen LogP contribution in [0.1, 0.15) is 49.4 Å². The van der Waals surface area contributed by atoms with Gasteiger partial charge in [-0.25, -0.2) is 4.79 Å². The monoisotopic (exact) mass is 323 g/mol. The van der Waals surface area contributed by atoms with Gasteiger partial charge in [0.2, 0.25) is 0 Å². The molecule has 3 heteroatoms. The predicted octanol–water partition coefficient (Wildman–Crippen LogP) is 5.57. The van der Waals surface area contributed by atoms with Crippen LogP contribution in [-0.4, -0.2) is 5.97 Å². The second-order valence-electron chi connectivity index (χ2n) is 6.21. The van der Waals surface area contributed by atoms with Gasteiger partial charge in [0, 0.05) is 0 Å². The van der Waals surface area contributed by atoms with E-state index in [2.05, 4.69) is 6.92 Å². The highest BCUT2D eigenvalue weighted by Crippen LogP contribution is 2.35. The predicted molar refractivity (Wildman–Crippen MR) is 93.9 cm³/mol. The van der Waals surface area contributed by atoms with Crippen LogP contribution in [0.15, 0.2) is 54.6 Å². The maximum atomic E-state index is 12.2. The summed E-state index contributed by atoms with van der Waals surface area (Å²) in [4.78, 5) is 22.6. The van der Waals surface area contributed by atoms with Gasteiger partial charge in [0.05, 0.1) is 5.56 Å². The first-order chi connectivity index (χ1) is 11.8. The Morgan fingerprint density at radius 3 is 2.42 bits per heavy atom. The van der Waals surface area contributed by atoms with Crippen LogP contribution in [0.4, 0.5) is 0 Å². The van der Waals surface area contributed by atoms with E-state index in [4.69, 9.17) is 9.78 Å². The van der Waals surface area contributed by atoms with Crippen LogP contribution in [0.5, 0.6) is 0 Å². The standard InChI is InChI=1S/C21H23O3/c1-2-16-8-6-7-11-20(16)23-24-21(22)19-14-12-18(13-15-19)17-9-4-3-5-10-17/h3-5,9-10,12-16H,2,6-8,11H2,1H3. The third-order valence-electron chi connectivity index (χ3n) is 4.63. The summed E-state index contributed by atoms with van der Waals surface area (Å²) in [5.41, 5.74) is 2.69. The van der Waals surface area contributed by atoms with Crippen molar-refractivity contribution in [1.82, 2.24) is 0 Å². The summed E-state index contributed by atoms with van der Waals surface area (Å²) in [5, 5.41) is 0. The normalized spacial score (nSPS) is 18.3. The smallest absolute Gasteiger partial charge is 0.292 e. The zero-order chi connectivity index (χ0) is 16.8. The Hall–Kier alpha value is -2.13. The first-order valence-corrected chi connectivity index (χ1v) is 8.68. The molecular formula is C21H23O3. The van der Waals surface area contributed by atoms with E-state index in [0.717, 1.165) is 42.9 Å². The topological polar surface area (TPSA) is 35.5 Å². The number of rotatable bonds is 5. The molecule has 0 saturated heterocycles. The van der Waals surface area contributed by atoms with Gasteiger partial charge >= 0.3 is 5.97 Å². The summed E-state index contributed by atoms with van der Waals surface area (Å²) in [7, 11) is 0. The number of hydrogen-bond donors (Lipinski definition) is 0. The number of carbonyl (C=O) groups is 1. The summed E-state index contributed by atoms with van der Waals surface area (Å²) in [5.74, 6) is -0.0328. The van der Waals surface area contributed by atoms with E-state index in [1.807, 2.05) is 42.5 Å². The van der Waals surface area contributed by atoms with Crippen molar-refractivity contribution < 1.29 is 14.6 Å². The molecule has 1 fully saturated rings. The molecule has 0 N–H and O–H groups in total. The van der Waals surface area contributed by atoms with Crippen LogP contribution in [0.25, 0.3) is 11.1 Å². The van der Waals surface area contributed by atoms with Crippen LogP contribution in [0.3, 0.4) is 0 Å². The molecule has 1 aliphatic carbocycles. The van der Waals surface area contributed by atoms with Crippen molar-refractivity contribution in [2.75, 3.05) is 0 Å². The molecule has 1 saturated carbocycles. The zero-order valence-corrected chi connectivity index (χ0v) is 14.0. The Morgan fingerprint density at radius 1 is 1.00 bits per heavy atom. The molecule has 24 heavy (non-hydrogen) atoms. The van der Waals surface area contributed by atoms with Crippen molar-refractivity contribution in [2.24, 2.45) is 5.92 Å². The average molecular weight is 323 g/mol. The number of benzene rings is 2. The SMILES string of the molecule is CCC1CCCC[C]1OOC(=O)c1ccc(-c2ccccc2)cc1. The van der Waals surface area contributed by atoms with Gasteiger partial charge < -0.3 is 0 Å². The van der Waals surface area contributed by atoms with Crippen LogP contribution in [-0.2, 0) is 9.78 Å². The maximum absolute atomic E-state index is 12.2. The lowest BCUT2D eigenvalue weighted by Crippen LogP contribution is -2.21. The van der Waals surface area contributed by atoms with Gasteiger partial charge in [-0.15, -0.1) is 0 Å². The minimum atomic E-state index is -0.442. The fraction of sp³-hybridized carbons (Fsp3) is 0.333. The van der Waals surface area contributed by atoms with E-state index < -0.39 is 5.97 Å². The molecule has 0 aliphatic heterocycles. The quantitative estimate of drug-likeness (QED) is 0.532. The van der Waals surface area contributed by atoms with E-state index in [1.165, 1.54) is 6.42 Å². The van der Waals surface area contributed by atoms with E-state index in [0.29, 0.717) is 11.5 Å². The average Bonchev–Trinajstić information content (AvgIpc) is 2.67. The summed E-state index contributed by atoms with van der Waals surface area (Å²) in [6, 6.07) is 17.5. The highest BCUT2D eigenvalue weighted by molar-refractivity contribution is 5.89. The Balaban J connectivity index is 1.59. The third kappa shape index (κ3) is 4.04. The molecular weight excluding hydrogens is 300 g/mol. The second-order valence-corrected chi connectivity index (χ2v) is 6.21. The molecule has 125 valence electrons. The largest absolute Gasteiger partial charge is 0.373 e. The molecule has 3 nitrogen and oxygen atoms in total.